The number of nitrogens with one attached hydrogen (secondary N) is 3. The molecule has 4 unspecified atom stereocenters. The van der Waals surface area contributed by atoms with E-state index in [4.69, 9.17) is 5.73 Å². The van der Waals surface area contributed by atoms with Crippen molar-refractivity contribution in [2.24, 2.45) is 17.6 Å². The zero-order chi connectivity index (χ0) is 26.5. The highest BCUT2D eigenvalue weighted by Gasteiger charge is 2.41. The lowest BCUT2D eigenvalue weighted by atomic mass is 9.73. The van der Waals surface area contributed by atoms with Gasteiger partial charge in [0.2, 0.25) is 5.91 Å². The fourth-order valence-corrected chi connectivity index (χ4v) is 7.92. The summed E-state index contributed by atoms with van der Waals surface area (Å²) in [4.78, 5) is 15.8. The second-order valence-corrected chi connectivity index (χ2v) is 12.7. The van der Waals surface area contributed by atoms with E-state index in [1.54, 1.807) is 0 Å². The second kappa shape index (κ2) is 13.1. The molecular formula is C31H53N6O+. The van der Waals surface area contributed by atoms with Crippen LogP contribution in [0.5, 0.6) is 0 Å². The van der Waals surface area contributed by atoms with E-state index in [1.807, 2.05) is 0 Å². The summed E-state index contributed by atoms with van der Waals surface area (Å²) < 4.78 is 2.18. The van der Waals surface area contributed by atoms with Crippen LogP contribution in [0.3, 0.4) is 0 Å². The maximum Gasteiger partial charge on any atom is 0.223 e. The van der Waals surface area contributed by atoms with Crippen molar-refractivity contribution in [3.05, 3.63) is 24.5 Å². The van der Waals surface area contributed by atoms with Gasteiger partial charge in [-0.3, -0.25) is 4.79 Å². The van der Waals surface area contributed by atoms with Crippen molar-refractivity contribution in [3.8, 4) is 0 Å². The largest absolute Gasteiger partial charge is 0.382 e. The fraction of sp³-hybridized carbons (Fsp3) is 0.806. The minimum Gasteiger partial charge on any atom is -0.382 e. The molecule has 1 aromatic heterocycles. The summed E-state index contributed by atoms with van der Waals surface area (Å²) in [7, 11) is 0. The topological polar surface area (TPSA) is 86.3 Å². The number of amides is 1. The maximum atomic E-state index is 13.1. The Labute approximate surface area is 230 Å². The van der Waals surface area contributed by atoms with Gasteiger partial charge in [0.25, 0.3) is 0 Å². The molecule has 4 fully saturated rings. The Hall–Kier alpha value is -1.70. The monoisotopic (exact) mass is 525 g/mol. The summed E-state index contributed by atoms with van der Waals surface area (Å²) >= 11 is 0. The number of carbonyl (C=O) groups excluding carboxylic acids is 1. The lowest BCUT2D eigenvalue weighted by molar-refractivity contribution is -0.693. The van der Waals surface area contributed by atoms with Gasteiger partial charge in [0, 0.05) is 60.0 Å². The van der Waals surface area contributed by atoms with Crippen LogP contribution in [0.15, 0.2) is 24.5 Å². The van der Waals surface area contributed by atoms with Crippen molar-refractivity contribution < 1.29 is 9.36 Å². The van der Waals surface area contributed by atoms with Gasteiger partial charge in [-0.05, 0) is 103 Å². The highest BCUT2D eigenvalue weighted by molar-refractivity contribution is 5.79. The molecule has 0 aromatic carbocycles. The molecule has 7 nitrogen and oxygen atoms in total. The minimum atomic E-state index is 0.191. The summed E-state index contributed by atoms with van der Waals surface area (Å²) in [5.74, 6) is 1.19. The van der Waals surface area contributed by atoms with Crippen LogP contribution in [0.1, 0.15) is 90.9 Å². The van der Waals surface area contributed by atoms with Crippen LogP contribution in [0.25, 0.3) is 0 Å². The molecule has 5 rings (SSSR count). The van der Waals surface area contributed by atoms with E-state index in [-0.39, 0.29) is 5.92 Å². The van der Waals surface area contributed by atoms with Gasteiger partial charge < -0.3 is 26.6 Å². The smallest absolute Gasteiger partial charge is 0.223 e. The number of nitrogens with zero attached hydrogens (tertiary/aromatic N) is 2. The van der Waals surface area contributed by atoms with Gasteiger partial charge in [-0.25, -0.2) is 4.57 Å². The normalized spacial score (nSPS) is 36.3. The molecule has 5 N–H and O–H groups in total. The first kappa shape index (κ1) is 27.9. The van der Waals surface area contributed by atoms with E-state index in [2.05, 4.69) is 63.8 Å². The van der Waals surface area contributed by atoms with E-state index in [0.717, 1.165) is 64.5 Å². The predicted molar refractivity (Wildman–Crippen MR) is 154 cm³/mol. The molecule has 1 saturated heterocycles. The van der Waals surface area contributed by atoms with Crippen molar-refractivity contribution in [1.82, 2.24) is 15.5 Å². The van der Waals surface area contributed by atoms with Gasteiger partial charge in [-0.15, -0.1) is 0 Å². The highest BCUT2D eigenvalue weighted by Crippen LogP contribution is 2.36. The Bertz CT molecular complexity index is 877. The minimum absolute atomic E-state index is 0.191. The average Bonchev–Trinajstić information content (AvgIpc) is 2.95. The van der Waals surface area contributed by atoms with E-state index >= 15 is 0 Å². The van der Waals surface area contributed by atoms with Gasteiger partial charge in [0.1, 0.15) is 6.54 Å². The maximum absolute atomic E-state index is 13.1. The Morgan fingerprint density at radius 1 is 0.921 bits per heavy atom. The SMILES string of the molecule is CCN1CCC(NC2CCC(C(=O)NC3CCC(Nc4cc[n+](CC)cc4)CC3)CC2)C2CC(N)CCC21. The number of nitrogens with two attached hydrogens (primary N) is 1. The number of anilines is 1. The van der Waals surface area contributed by atoms with Crippen LogP contribution < -0.4 is 26.3 Å². The highest BCUT2D eigenvalue weighted by atomic mass is 16.1. The summed E-state index contributed by atoms with van der Waals surface area (Å²) in [5.41, 5.74) is 7.61. The third-order valence-corrected chi connectivity index (χ3v) is 10.3. The van der Waals surface area contributed by atoms with Crippen molar-refractivity contribution in [2.75, 3.05) is 18.4 Å². The predicted octanol–water partition coefficient (Wildman–Crippen LogP) is 3.57. The van der Waals surface area contributed by atoms with Crippen LogP contribution in [0.2, 0.25) is 0 Å². The van der Waals surface area contributed by atoms with Crippen LogP contribution in [0.4, 0.5) is 5.69 Å². The standard InChI is InChI=1S/C31H52N6O/c1-3-36-18-15-27(16-19-36)33-24-10-12-26(13-11-24)35-31(38)22-5-8-25(9-6-22)34-29-17-20-37(4-2)30-14-7-23(32)21-28(29)30/h15-16,18-19,22-26,28-30,34H,3-14,17,20-21,32H2,1-2H3,(H,35,38)/p+1. The Balaban J connectivity index is 1.02. The molecule has 1 aromatic rings. The van der Waals surface area contributed by atoms with Gasteiger partial charge in [-0.2, -0.15) is 0 Å². The zero-order valence-electron chi connectivity index (χ0n) is 23.9. The van der Waals surface area contributed by atoms with E-state index < -0.39 is 0 Å². The molecule has 0 spiro atoms. The molecule has 0 radical (unpaired) electrons. The number of fused-ring (bicyclic) bond motifs is 1. The number of likely N-dealkylation sites (tertiary alicyclic amines) is 1. The fourth-order valence-electron chi connectivity index (χ4n) is 7.92. The molecule has 38 heavy (non-hydrogen) atoms. The van der Waals surface area contributed by atoms with Crippen LogP contribution in [-0.4, -0.2) is 60.1 Å². The molecule has 2 heterocycles. The lowest BCUT2D eigenvalue weighted by Crippen LogP contribution is -2.60. The number of aromatic nitrogens is 1. The molecule has 7 heteroatoms. The second-order valence-electron chi connectivity index (χ2n) is 12.7. The Kier molecular flexibility index (Phi) is 9.60. The van der Waals surface area contributed by atoms with Gasteiger partial charge in [0.05, 0.1) is 0 Å². The van der Waals surface area contributed by atoms with Gasteiger partial charge >= 0.3 is 0 Å². The average molecular weight is 526 g/mol. The number of piperidine rings is 1. The van der Waals surface area contributed by atoms with Crippen molar-refractivity contribution in [2.45, 2.75) is 134 Å². The van der Waals surface area contributed by atoms with Crippen LogP contribution in [0, 0.1) is 11.8 Å². The Morgan fingerprint density at radius 3 is 2.29 bits per heavy atom. The first-order chi connectivity index (χ1) is 18.5. The number of carbonyl (C=O) groups is 1. The third-order valence-electron chi connectivity index (χ3n) is 10.3. The quantitative estimate of drug-likeness (QED) is 0.390. The van der Waals surface area contributed by atoms with E-state index in [9.17, 15) is 4.79 Å². The van der Waals surface area contributed by atoms with Crippen molar-refractivity contribution >= 4 is 11.6 Å². The zero-order valence-corrected chi connectivity index (χ0v) is 23.9. The summed E-state index contributed by atoms with van der Waals surface area (Å²) in [6, 6.07) is 7.40. The molecule has 1 amide bonds. The Morgan fingerprint density at radius 2 is 1.61 bits per heavy atom. The summed E-state index contributed by atoms with van der Waals surface area (Å²) in [6.07, 6.45) is 17.8. The number of rotatable bonds is 8. The van der Waals surface area contributed by atoms with Crippen molar-refractivity contribution in [1.29, 1.82) is 0 Å². The summed E-state index contributed by atoms with van der Waals surface area (Å²) in [6.45, 7) is 7.83. The lowest BCUT2D eigenvalue weighted by Gasteiger charge is -2.50. The summed E-state index contributed by atoms with van der Waals surface area (Å²) in [5, 5.41) is 11.2. The molecule has 0 bridgehead atoms. The third kappa shape index (κ3) is 6.89. The molecule has 3 saturated carbocycles. The first-order valence-electron chi connectivity index (χ1n) is 15.8. The van der Waals surface area contributed by atoms with Crippen LogP contribution in [-0.2, 0) is 11.3 Å². The van der Waals surface area contributed by atoms with Crippen LogP contribution >= 0.6 is 0 Å². The van der Waals surface area contributed by atoms with E-state index in [1.165, 1.54) is 37.9 Å². The molecule has 3 aliphatic carbocycles. The number of hydrogen-bond acceptors (Lipinski definition) is 5. The number of hydrogen-bond donors (Lipinski definition) is 4. The van der Waals surface area contributed by atoms with Gasteiger partial charge in [-0.1, -0.05) is 6.92 Å². The molecule has 1 aliphatic heterocycles. The number of pyridine rings is 1. The van der Waals surface area contributed by atoms with Gasteiger partial charge in [0.15, 0.2) is 12.4 Å². The molecular weight excluding hydrogens is 472 g/mol. The molecule has 4 aliphatic rings. The molecule has 212 valence electrons. The van der Waals surface area contributed by atoms with E-state index in [0.29, 0.717) is 48.1 Å². The first-order valence-corrected chi connectivity index (χ1v) is 15.8. The number of aryl methyl sites for hydroxylation is 1. The van der Waals surface area contributed by atoms with Crippen molar-refractivity contribution in [3.63, 3.8) is 0 Å². The molecule has 4 atom stereocenters.